The molecule has 2 aliphatic rings. The Kier molecular flexibility index (Phi) is 11.3. The summed E-state index contributed by atoms with van der Waals surface area (Å²) in [6.07, 6.45) is 13.0. The van der Waals surface area contributed by atoms with Gasteiger partial charge in [0.05, 0.1) is 0 Å². The fourth-order valence-corrected chi connectivity index (χ4v) is 4.49. The van der Waals surface area contributed by atoms with Gasteiger partial charge in [-0.15, -0.1) is 5.92 Å². The zero-order chi connectivity index (χ0) is 15.7. The van der Waals surface area contributed by atoms with Gasteiger partial charge in [0.1, 0.15) is 0 Å². The van der Waals surface area contributed by atoms with E-state index in [4.69, 9.17) is 0 Å². The summed E-state index contributed by atoms with van der Waals surface area (Å²) < 4.78 is 0. The Bertz CT molecular complexity index is 688. The molecule has 0 radical (unpaired) electrons. The van der Waals surface area contributed by atoms with Crippen LogP contribution < -0.4 is 37.2 Å². The number of rotatable bonds is 3. The molecule has 0 bridgehead atoms. The maximum absolute atomic E-state index is 2.56. The molecule has 0 heterocycles. The zero-order valence-electron chi connectivity index (χ0n) is 15.2. The Morgan fingerprint density at radius 2 is 1.26 bits per heavy atom. The first-order chi connectivity index (χ1) is 11.3. The van der Waals surface area contributed by atoms with E-state index in [2.05, 4.69) is 98.3 Å². The van der Waals surface area contributed by atoms with Gasteiger partial charge < -0.3 is 43.6 Å². The van der Waals surface area contributed by atoms with Crippen molar-refractivity contribution in [1.29, 1.82) is 0 Å². The summed E-state index contributed by atoms with van der Waals surface area (Å²) in [6, 6.07) is 22.0. The molecular weight excluding hydrogens is 430 g/mol. The Balaban J connectivity index is 0.00000169. The molecule has 4 heteroatoms. The van der Waals surface area contributed by atoms with E-state index in [0.717, 1.165) is 0 Å². The van der Waals surface area contributed by atoms with E-state index in [1.807, 2.05) is 0 Å². The SMILES string of the molecule is CC(c1ccccc1)(c1ccccc1)C1[CH-]CC2C=CC=CC21.[Cl-].[Cl-].[Cl-].[Ti+4]. The van der Waals surface area contributed by atoms with Crippen LogP contribution in [0.4, 0.5) is 0 Å². The van der Waals surface area contributed by atoms with Crippen molar-refractivity contribution in [1.82, 2.24) is 0 Å². The monoisotopic (exact) mass is 452 g/mol. The second-order valence-electron chi connectivity index (χ2n) is 6.94. The summed E-state index contributed by atoms with van der Waals surface area (Å²) in [7, 11) is 0. The molecule has 140 valence electrons. The fraction of sp³-hybridized carbons (Fsp3) is 0.261. The van der Waals surface area contributed by atoms with Gasteiger partial charge in [-0.25, -0.2) is 0 Å². The van der Waals surface area contributed by atoms with Gasteiger partial charge in [0.25, 0.3) is 0 Å². The van der Waals surface area contributed by atoms with Crippen LogP contribution in [-0.2, 0) is 27.1 Å². The van der Waals surface area contributed by atoms with Crippen molar-refractivity contribution in [2.24, 2.45) is 17.8 Å². The molecule has 0 aromatic heterocycles. The van der Waals surface area contributed by atoms with E-state index in [9.17, 15) is 0 Å². The molecule has 1 fully saturated rings. The summed E-state index contributed by atoms with van der Waals surface area (Å²) in [5.41, 5.74) is 2.84. The van der Waals surface area contributed by atoms with Crippen molar-refractivity contribution in [2.75, 3.05) is 0 Å². The first kappa shape index (κ1) is 26.5. The maximum Gasteiger partial charge on any atom is 4.00 e. The van der Waals surface area contributed by atoms with Gasteiger partial charge in [0, 0.05) is 0 Å². The predicted molar refractivity (Wildman–Crippen MR) is 97.0 cm³/mol. The maximum atomic E-state index is 2.56. The molecule has 3 unspecified atom stereocenters. The molecule has 2 aromatic carbocycles. The van der Waals surface area contributed by atoms with Crippen molar-refractivity contribution in [3.05, 3.63) is 103 Å². The van der Waals surface area contributed by atoms with Crippen molar-refractivity contribution >= 4 is 0 Å². The molecule has 0 N–H and O–H groups in total. The smallest absolute Gasteiger partial charge is 1.00 e. The van der Waals surface area contributed by atoms with Gasteiger partial charge in [-0.2, -0.15) is 6.42 Å². The molecular formula is C23H23Cl3Ti. The molecule has 27 heavy (non-hydrogen) atoms. The summed E-state index contributed by atoms with van der Waals surface area (Å²) >= 11 is 0. The van der Waals surface area contributed by atoms with E-state index in [0.29, 0.717) is 17.8 Å². The van der Waals surface area contributed by atoms with Crippen LogP contribution in [0.2, 0.25) is 0 Å². The van der Waals surface area contributed by atoms with Crippen molar-refractivity contribution in [2.45, 2.75) is 18.8 Å². The topological polar surface area (TPSA) is 0 Å². The van der Waals surface area contributed by atoms with Crippen LogP contribution in [0.25, 0.3) is 0 Å². The number of allylic oxidation sites excluding steroid dienone is 4. The predicted octanol–water partition coefficient (Wildman–Crippen LogP) is -3.42. The van der Waals surface area contributed by atoms with Crippen LogP contribution in [0.3, 0.4) is 0 Å². The Hall–Kier alpha value is -0.496. The number of halogens is 3. The van der Waals surface area contributed by atoms with E-state index in [-0.39, 0.29) is 64.4 Å². The van der Waals surface area contributed by atoms with E-state index >= 15 is 0 Å². The summed E-state index contributed by atoms with van der Waals surface area (Å²) in [6.45, 7) is 2.42. The molecule has 0 spiro atoms. The third-order valence-corrected chi connectivity index (χ3v) is 5.79. The quantitative estimate of drug-likeness (QED) is 0.336. The second-order valence-corrected chi connectivity index (χ2v) is 6.94. The van der Waals surface area contributed by atoms with Crippen LogP contribution >= 0.6 is 0 Å². The minimum Gasteiger partial charge on any atom is -1.00 e. The standard InChI is InChI=1S/C23H23.3ClH.Ti/c1-23(19-11-4-2-5-12-19,20-13-6-3-7-14-20)22-17-16-18-10-8-9-15-21(18)22;;;;/h2-15,17-18,21-22H,16H2,1H3;3*1H;/q-1;;;;+4/p-3. The van der Waals surface area contributed by atoms with Crippen molar-refractivity contribution in [3.8, 4) is 0 Å². The largest absolute Gasteiger partial charge is 4.00 e. The molecule has 4 rings (SSSR count). The first-order valence-corrected chi connectivity index (χ1v) is 8.59. The van der Waals surface area contributed by atoms with Crippen LogP contribution in [-0.4, -0.2) is 0 Å². The van der Waals surface area contributed by atoms with Crippen LogP contribution in [0.5, 0.6) is 0 Å². The molecule has 0 amide bonds. The number of benzene rings is 2. The molecule has 2 aliphatic carbocycles. The van der Waals surface area contributed by atoms with Gasteiger partial charge in [-0.05, 0) is 28.4 Å². The number of fused-ring (bicyclic) bond motifs is 1. The van der Waals surface area contributed by atoms with E-state index in [1.54, 1.807) is 0 Å². The third kappa shape index (κ3) is 4.92. The third-order valence-electron chi connectivity index (χ3n) is 5.79. The fourth-order valence-electron chi connectivity index (χ4n) is 4.49. The molecule has 1 saturated carbocycles. The van der Waals surface area contributed by atoms with Gasteiger partial charge in [-0.3, -0.25) is 0 Å². The van der Waals surface area contributed by atoms with Crippen molar-refractivity contribution < 1.29 is 58.9 Å². The van der Waals surface area contributed by atoms with Gasteiger partial charge >= 0.3 is 21.7 Å². The number of hydrogen-bond acceptors (Lipinski definition) is 0. The Morgan fingerprint density at radius 1 is 0.778 bits per heavy atom. The summed E-state index contributed by atoms with van der Waals surface area (Å²) in [4.78, 5) is 0. The van der Waals surface area contributed by atoms with Gasteiger partial charge in [-0.1, -0.05) is 91.9 Å². The average molecular weight is 454 g/mol. The summed E-state index contributed by atoms with van der Waals surface area (Å²) in [5, 5.41) is 0. The summed E-state index contributed by atoms with van der Waals surface area (Å²) in [5.74, 6) is 1.79. The van der Waals surface area contributed by atoms with Crippen LogP contribution in [0.1, 0.15) is 24.5 Å². The van der Waals surface area contributed by atoms with Gasteiger partial charge in [0.2, 0.25) is 0 Å². The Labute approximate surface area is 197 Å². The van der Waals surface area contributed by atoms with Crippen molar-refractivity contribution in [3.63, 3.8) is 0 Å². The van der Waals surface area contributed by atoms with E-state index in [1.165, 1.54) is 17.5 Å². The molecule has 0 saturated heterocycles. The normalized spacial score (nSPS) is 22.3. The van der Waals surface area contributed by atoms with Crippen LogP contribution in [0, 0.1) is 24.2 Å². The van der Waals surface area contributed by atoms with E-state index < -0.39 is 0 Å². The Morgan fingerprint density at radius 3 is 1.78 bits per heavy atom. The average Bonchev–Trinajstić information content (AvgIpc) is 3.07. The van der Waals surface area contributed by atoms with Crippen LogP contribution in [0.15, 0.2) is 85.0 Å². The molecule has 2 aromatic rings. The first-order valence-electron chi connectivity index (χ1n) is 8.59. The minimum atomic E-state index is 0. The minimum absolute atomic E-state index is 0. The van der Waals surface area contributed by atoms with Gasteiger partial charge in [0.15, 0.2) is 0 Å². The molecule has 0 aliphatic heterocycles. The molecule has 0 nitrogen and oxygen atoms in total. The second kappa shape index (κ2) is 11.5. The number of hydrogen-bond donors (Lipinski definition) is 0. The zero-order valence-corrected chi connectivity index (χ0v) is 19.1. The molecule has 3 atom stereocenters.